The molecule has 1 heterocycles. The van der Waals surface area contributed by atoms with Gasteiger partial charge in [0.25, 0.3) is 0 Å². The minimum absolute atomic E-state index is 0.177. The molecule has 7 nitrogen and oxygen atoms in total. The molecule has 0 unspecified atom stereocenters. The van der Waals surface area contributed by atoms with Gasteiger partial charge in [0.05, 0.1) is 22.8 Å². The van der Waals surface area contributed by atoms with Gasteiger partial charge in [0.2, 0.25) is 5.91 Å². The molecule has 0 radical (unpaired) electrons. The van der Waals surface area contributed by atoms with Crippen molar-refractivity contribution in [3.8, 4) is 23.0 Å². The Bertz CT molecular complexity index is 1480. The van der Waals surface area contributed by atoms with Crippen LogP contribution in [0.4, 0.5) is 0 Å². The summed E-state index contributed by atoms with van der Waals surface area (Å²) >= 11 is 2.23. The number of fused-ring (bicyclic) bond motifs is 2. The van der Waals surface area contributed by atoms with Gasteiger partial charge in [-0.3, -0.25) is 4.79 Å². The van der Waals surface area contributed by atoms with E-state index in [9.17, 15) is 4.79 Å². The van der Waals surface area contributed by atoms with Crippen LogP contribution in [0.1, 0.15) is 23.6 Å². The molecule has 0 aliphatic carbocycles. The zero-order chi connectivity index (χ0) is 26.3. The van der Waals surface area contributed by atoms with E-state index in [1.54, 1.807) is 6.21 Å². The number of halogens is 1. The molecule has 1 amide bonds. The zero-order valence-electron chi connectivity index (χ0n) is 20.9. The van der Waals surface area contributed by atoms with Crippen LogP contribution in [0, 0.1) is 3.57 Å². The molecule has 4 aromatic rings. The van der Waals surface area contributed by atoms with Gasteiger partial charge in [-0.25, -0.2) is 5.43 Å². The van der Waals surface area contributed by atoms with Crippen molar-refractivity contribution in [2.45, 2.75) is 20.0 Å². The predicted molar refractivity (Wildman–Crippen MR) is 155 cm³/mol. The number of carbonyl (C=O) groups excluding carboxylic acids is 1. The van der Waals surface area contributed by atoms with Crippen molar-refractivity contribution in [3.05, 3.63) is 93.1 Å². The fraction of sp³-hybridized carbons (Fsp3) is 0.200. The Morgan fingerprint density at radius 1 is 1.00 bits per heavy atom. The number of ether oxygens (including phenoxy) is 4. The van der Waals surface area contributed by atoms with E-state index in [1.807, 2.05) is 55.5 Å². The molecule has 38 heavy (non-hydrogen) atoms. The van der Waals surface area contributed by atoms with Crippen LogP contribution in [-0.2, 0) is 17.8 Å². The normalized spacial score (nSPS) is 12.5. The highest BCUT2D eigenvalue weighted by Gasteiger charge is 2.14. The molecule has 1 aliphatic heterocycles. The summed E-state index contributed by atoms with van der Waals surface area (Å²) in [6.07, 6.45) is 1.78. The van der Waals surface area contributed by atoms with E-state index in [0.29, 0.717) is 49.4 Å². The van der Waals surface area contributed by atoms with E-state index in [4.69, 9.17) is 18.9 Å². The van der Waals surface area contributed by atoms with Crippen LogP contribution in [0.3, 0.4) is 0 Å². The lowest BCUT2D eigenvalue weighted by atomic mass is 10.1. The number of carbonyl (C=O) groups is 1. The van der Waals surface area contributed by atoms with E-state index in [0.717, 1.165) is 20.3 Å². The number of hydrogen-bond donors (Lipinski definition) is 1. The number of rotatable bonds is 9. The first-order valence-corrected chi connectivity index (χ1v) is 13.4. The molecule has 1 aliphatic rings. The van der Waals surface area contributed by atoms with Gasteiger partial charge in [0, 0.05) is 0 Å². The molecule has 0 aromatic heterocycles. The highest BCUT2D eigenvalue weighted by Crippen LogP contribution is 2.35. The van der Waals surface area contributed by atoms with Crippen molar-refractivity contribution in [2.75, 3.05) is 19.8 Å². The average Bonchev–Trinajstić information content (AvgIpc) is 2.93. The molecule has 4 aromatic carbocycles. The van der Waals surface area contributed by atoms with Gasteiger partial charge in [-0.05, 0) is 81.2 Å². The minimum Gasteiger partial charge on any atom is -0.490 e. The third kappa shape index (κ3) is 6.19. The second-order valence-electron chi connectivity index (χ2n) is 8.64. The van der Waals surface area contributed by atoms with E-state index >= 15 is 0 Å². The van der Waals surface area contributed by atoms with Crippen molar-refractivity contribution >= 4 is 45.5 Å². The lowest BCUT2D eigenvalue weighted by Gasteiger charge is -2.18. The molecular weight excluding hydrogens is 595 g/mol. The van der Waals surface area contributed by atoms with Gasteiger partial charge in [-0.1, -0.05) is 48.5 Å². The summed E-state index contributed by atoms with van der Waals surface area (Å²) in [5, 5.41) is 6.49. The summed E-state index contributed by atoms with van der Waals surface area (Å²) in [4.78, 5) is 12.4. The lowest BCUT2D eigenvalue weighted by molar-refractivity contribution is -0.120. The molecule has 1 N–H and O–H groups in total. The summed E-state index contributed by atoms with van der Waals surface area (Å²) in [6.45, 7) is 3.87. The summed E-state index contributed by atoms with van der Waals surface area (Å²) in [6, 6.07) is 23.8. The van der Waals surface area contributed by atoms with Crippen molar-refractivity contribution in [1.82, 2.24) is 5.43 Å². The van der Waals surface area contributed by atoms with Crippen molar-refractivity contribution in [3.63, 3.8) is 0 Å². The van der Waals surface area contributed by atoms with Gasteiger partial charge in [-0.15, -0.1) is 0 Å². The number of nitrogens with one attached hydrogen (secondary N) is 1. The minimum atomic E-state index is -0.229. The molecule has 0 fully saturated rings. The van der Waals surface area contributed by atoms with E-state index < -0.39 is 0 Å². The Hall–Kier alpha value is -3.79. The Balaban J connectivity index is 1.25. The molecule has 8 heteroatoms. The Labute approximate surface area is 234 Å². The Morgan fingerprint density at radius 2 is 1.82 bits per heavy atom. The first kappa shape index (κ1) is 25.8. The summed E-state index contributed by atoms with van der Waals surface area (Å²) in [5.74, 6) is 2.44. The number of amides is 1. The SMILES string of the molecule is CCOc1cc(/C=N/NC(=O)Cc2ccc3c(c2)OCCO3)cc(I)c1OCc1cccc2ccccc12. The number of benzene rings is 4. The van der Waals surface area contributed by atoms with Gasteiger partial charge in [-0.2, -0.15) is 5.10 Å². The standard InChI is InChI=1S/C30H27IN2O5/c1-2-35-28-16-21(18-32-33-29(34)17-20-10-11-26-27(15-20)37-13-12-36-26)14-25(31)30(28)38-19-23-8-5-7-22-6-3-4-9-24(22)23/h3-11,14-16,18H,2,12-13,17,19H2,1H3,(H,33,34)/b32-18+. The molecule has 0 bridgehead atoms. The molecule has 0 saturated carbocycles. The maximum absolute atomic E-state index is 12.4. The first-order valence-electron chi connectivity index (χ1n) is 12.4. The number of hydrazone groups is 1. The van der Waals surface area contributed by atoms with Gasteiger partial charge >= 0.3 is 0 Å². The van der Waals surface area contributed by atoms with Crippen LogP contribution < -0.4 is 24.4 Å². The molecule has 0 atom stereocenters. The molecule has 5 rings (SSSR count). The fourth-order valence-corrected chi connectivity index (χ4v) is 5.02. The van der Waals surface area contributed by atoms with E-state index in [1.165, 1.54) is 10.8 Å². The lowest BCUT2D eigenvalue weighted by Crippen LogP contribution is -2.20. The number of nitrogens with zero attached hydrogens (tertiary/aromatic N) is 1. The monoisotopic (exact) mass is 622 g/mol. The van der Waals surface area contributed by atoms with Crippen LogP contribution in [-0.4, -0.2) is 31.9 Å². The van der Waals surface area contributed by atoms with Crippen LogP contribution in [0.15, 0.2) is 77.9 Å². The Kier molecular flexibility index (Phi) is 8.28. The van der Waals surface area contributed by atoms with Gasteiger partial charge < -0.3 is 18.9 Å². The highest BCUT2D eigenvalue weighted by molar-refractivity contribution is 14.1. The quantitative estimate of drug-likeness (QED) is 0.143. The smallest absolute Gasteiger partial charge is 0.244 e. The van der Waals surface area contributed by atoms with Crippen molar-refractivity contribution < 1.29 is 23.7 Å². The highest BCUT2D eigenvalue weighted by atomic mass is 127. The Morgan fingerprint density at radius 3 is 2.68 bits per heavy atom. The summed E-state index contributed by atoms with van der Waals surface area (Å²) < 4.78 is 24.1. The van der Waals surface area contributed by atoms with Crippen LogP contribution in [0.5, 0.6) is 23.0 Å². The second-order valence-corrected chi connectivity index (χ2v) is 9.80. The van der Waals surface area contributed by atoms with Crippen LogP contribution in [0.25, 0.3) is 10.8 Å². The molecule has 0 saturated heterocycles. The third-order valence-electron chi connectivity index (χ3n) is 5.96. The molecule has 0 spiro atoms. The van der Waals surface area contributed by atoms with Crippen LogP contribution >= 0.6 is 22.6 Å². The predicted octanol–water partition coefficient (Wildman–Crippen LogP) is 5.89. The second kappa shape index (κ2) is 12.2. The maximum Gasteiger partial charge on any atom is 0.244 e. The topological polar surface area (TPSA) is 78.4 Å². The fourth-order valence-electron chi connectivity index (χ4n) is 4.24. The van der Waals surface area contributed by atoms with Crippen molar-refractivity contribution in [1.29, 1.82) is 0 Å². The van der Waals surface area contributed by atoms with Crippen LogP contribution in [0.2, 0.25) is 0 Å². The zero-order valence-corrected chi connectivity index (χ0v) is 23.1. The van der Waals surface area contributed by atoms with Gasteiger partial charge in [0.1, 0.15) is 19.8 Å². The summed E-state index contributed by atoms with van der Waals surface area (Å²) in [7, 11) is 0. The number of hydrogen-bond acceptors (Lipinski definition) is 6. The third-order valence-corrected chi connectivity index (χ3v) is 6.76. The largest absolute Gasteiger partial charge is 0.490 e. The van der Waals surface area contributed by atoms with E-state index in [-0.39, 0.29) is 12.3 Å². The van der Waals surface area contributed by atoms with Crippen molar-refractivity contribution in [2.24, 2.45) is 5.10 Å². The van der Waals surface area contributed by atoms with E-state index in [2.05, 4.69) is 57.4 Å². The molecular formula is C30H27IN2O5. The first-order chi connectivity index (χ1) is 18.6. The molecule has 194 valence electrons. The summed E-state index contributed by atoms with van der Waals surface area (Å²) in [5.41, 5.74) is 5.31. The van der Waals surface area contributed by atoms with Gasteiger partial charge in [0.15, 0.2) is 23.0 Å². The maximum atomic E-state index is 12.4. The average molecular weight is 622 g/mol.